The van der Waals surface area contributed by atoms with Crippen molar-refractivity contribution in [1.82, 2.24) is 20.2 Å². The Labute approximate surface area is 140 Å². The van der Waals surface area contributed by atoms with Crippen molar-refractivity contribution in [3.63, 3.8) is 0 Å². The van der Waals surface area contributed by atoms with E-state index in [2.05, 4.69) is 26.2 Å². The highest BCUT2D eigenvalue weighted by molar-refractivity contribution is 6.31. The monoisotopic (exact) mass is 346 g/mol. The molecule has 0 atom stereocenters. The van der Waals surface area contributed by atoms with E-state index in [1.165, 1.54) is 29.4 Å². The van der Waals surface area contributed by atoms with E-state index in [1.54, 1.807) is 18.2 Å². The van der Waals surface area contributed by atoms with Gasteiger partial charge in [-0.1, -0.05) is 11.6 Å². The Balaban J connectivity index is 1.75. The van der Waals surface area contributed by atoms with Crippen LogP contribution in [0, 0.1) is 0 Å². The molecule has 2 N–H and O–H groups in total. The Morgan fingerprint density at radius 2 is 2.08 bits per heavy atom. The van der Waals surface area contributed by atoms with Crippen molar-refractivity contribution < 1.29 is 14.0 Å². The molecule has 2 amide bonds. The summed E-state index contributed by atoms with van der Waals surface area (Å²) in [5, 5.41) is 16.2. The van der Waals surface area contributed by atoms with E-state index < -0.39 is 5.91 Å². The Kier molecular flexibility index (Phi) is 4.52. The van der Waals surface area contributed by atoms with Crippen molar-refractivity contribution >= 4 is 34.8 Å². The van der Waals surface area contributed by atoms with Crippen molar-refractivity contribution in [2.24, 2.45) is 0 Å². The van der Waals surface area contributed by atoms with Crippen LogP contribution in [0.15, 0.2) is 47.3 Å². The molecule has 1 aromatic carbocycles. The van der Waals surface area contributed by atoms with Crippen molar-refractivity contribution in [2.75, 3.05) is 10.6 Å². The highest BCUT2D eigenvalue weighted by Gasteiger charge is 2.14. The second kappa shape index (κ2) is 6.92. The Morgan fingerprint density at radius 1 is 1.21 bits per heavy atom. The number of rotatable bonds is 5. The normalized spacial score (nSPS) is 10.4. The molecule has 10 heteroatoms. The van der Waals surface area contributed by atoms with Gasteiger partial charge in [0.15, 0.2) is 5.76 Å². The van der Waals surface area contributed by atoms with Crippen LogP contribution in [0.4, 0.5) is 11.4 Å². The molecule has 3 aromatic rings. The number of anilines is 2. The largest absolute Gasteiger partial charge is 0.459 e. The lowest BCUT2D eigenvalue weighted by molar-refractivity contribution is -0.116. The number of amides is 2. The molecular weight excluding hydrogens is 336 g/mol. The van der Waals surface area contributed by atoms with Gasteiger partial charge in [0, 0.05) is 5.02 Å². The standard InChI is InChI=1S/C14H11ClN6O3/c15-9-3-4-10(17-13(22)7-21-8-16-19-20-21)11(6-9)18-14(23)12-2-1-5-24-12/h1-6,8H,7H2,(H,17,22)(H,18,23). The summed E-state index contributed by atoms with van der Waals surface area (Å²) in [6.45, 7) is -0.0683. The van der Waals surface area contributed by atoms with E-state index in [0.29, 0.717) is 16.4 Å². The highest BCUT2D eigenvalue weighted by Crippen LogP contribution is 2.26. The molecule has 0 aliphatic rings. The molecule has 122 valence electrons. The molecule has 0 fully saturated rings. The molecule has 2 aromatic heterocycles. The summed E-state index contributed by atoms with van der Waals surface area (Å²) in [5.41, 5.74) is 0.728. The van der Waals surface area contributed by atoms with Gasteiger partial charge in [0.2, 0.25) is 5.91 Å². The maximum atomic E-state index is 12.1. The first-order valence-corrected chi connectivity index (χ1v) is 7.14. The first-order valence-electron chi connectivity index (χ1n) is 6.77. The van der Waals surface area contributed by atoms with Gasteiger partial charge in [-0.15, -0.1) is 5.10 Å². The van der Waals surface area contributed by atoms with Gasteiger partial charge in [-0.3, -0.25) is 9.59 Å². The number of carbonyl (C=O) groups excluding carboxylic acids is 2. The van der Waals surface area contributed by atoms with Crippen LogP contribution in [0.5, 0.6) is 0 Å². The molecule has 0 aliphatic heterocycles. The summed E-state index contributed by atoms with van der Waals surface area (Å²) in [5.74, 6) is -0.683. The van der Waals surface area contributed by atoms with Crippen LogP contribution in [-0.4, -0.2) is 32.0 Å². The van der Waals surface area contributed by atoms with E-state index in [4.69, 9.17) is 16.0 Å². The first-order chi connectivity index (χ1) is 11.6. The second-order valence-electron chi connectivity index (χ2n) is 4.68. The highest BCUT2D eigenvalue weighted by atomic mass is 35.5. The molecule has 0 aliphatic carbocycles. The van der Waals surface area contributed by atoms with E-state index in [1.807, 2.05) is 0 Å². The summed E-state index contributed by atoms with van der Waals surface area (Å²) in [6, 6.07) is 7.82. The number of hydrogen-bond acceptors (Lipinski definition) is 6. The van der Waals surface area contributed by atoms with Crippen LogP contribution in [0.1, 0.15) is 10.6 Å². The third-order valence-corrected chi connectivity index (χ3v) is 3.18. The summed E-state index contributed by atoms with van der Waals surface area (Å²) < 4.78 is 6.30. The van der Waals surface area contributed by atoms with E-state index >= 15 is 0 Å². The fraction of sp³-hybridized carbons (Fsp3) is 0.0714. The van der Waals surface area contributed by atoms with Gasteiger partial charge in [-0.05, 0) is 40.8 Å². The number of furan rings is 1. The lowest BCUT2D eigenvalue weighted by Gasteiger charge is -2.12. The Morgan fingerprint density at radius 3 is 2.79 bits per heavy atom. The Bertz CT molecular complexity index is 848. The van der Waals surface area contributed by atoms with E-state index in [0.717, 1.165) is 0 Å². The predicted molar refractivity (Wildman–Crippen MR) is 84.6 cm³/mol. The molecule has 0 saturated heterocycles. The zero-order valence-corrected chi connectivity index (χ0v) is 12.9. The summed E-state index contributed by atoms with van der Waals surface area (Å²) in [6.07, 6.45) is 2.71. The van der Waals surface area contributed by atoms with Crippen molar-refractivity contribution in [1.29, 1.82) is 0 Å². The number of tetrazole rings is 1. The third-order valence-electron chi connectivity index (χ3n) is 2.95. The summed E-state index contributed by atoms with van der Waals surface area (Å²) >= 11 is 5.96. The van der Waals surface area contributed by atoms with Crippen molar-refractivity contribution in [2.45, 2.75) is 6.54 Å². The van der Waals surface area contributed by atoms with Gasteiger partial charge < -0.3 is 15.1 Å². The topological polar surface area (TPSA) is 115 Å². The zero-order valence-electron chi connectivity index (χ0n) is 12.1. The van der Waals surface area contributed by atoms with Crippen LogP contribution >= 0.6 is 11.6 Å². The molecule has 0 unspecified atom stereocenters. The maximum absolute atomic E-state index is 12.1. The fourth-order valence-electron chi connectivity index (χ4n) is 1.91. The second-order valence-corrected chi connectivity index (χ2v) is 5.11. The number of carbonyl (C=O) groups is 2. The third kappa shape index (κ3) is 3.76. The summed E-state index contributed by atoms with van der Waals surface area (Å²) in [4.78, 5) is 24.1. The Hall–Kier alpha value is -3.20. The molecule has 9 nitrogen and oxygen atoms in total. The minimum atomic E-state index is -0.460. The lowest BCUT2D eigenvalue weighted by Crippen LogP contribution is -2.21. The van der Waals surface area contributed by atoms with Gasteiger partial charge in [-0.2, -0.15) is 0 Å². The van der Waals surface area contributed by atoms with Gasteiger partial charge in [0.25, 0.3) is 5.91 Å². The van der Waals surface area contributed by atoms with Gasteiger partial charge >= 0.3 is 0 Å². The molecule has 0 saturated carbocycles. The molecular formula is C14H11ClN6O3. The zero-order chi connectivity index (χ0) is 16.9. The number of aromatic nitrogens is 4. The molecule has 2 heterocycles. The number of halogens is 1. The smallest absolute Gasteiger partial charge is 0.291 e. The van der Waals surface area contributed by atoms with Gasteiger partial charge in [0.05, 0.1) is 17.6 Å². The van der Waals surface area contributed by atoms with Gasteiger partial charge in [-0.25, -0.2) is 4.68 Å². The van der Waals surface area contributed by atoms with E-state index in [-0.39, 0.29) is 18.2 Å². The average molecular weight is 347 g/mol. The van der Waals surface area contributed by atoms with Crippen molar-refractivity contribution in [3.05, 3.63) is 53.7 Å². The van der Waals surface area contributed by atoms with Crippen LogP contribution < -0.4 is 10.6 Å². The SMILES string of the molecule is O=C(Cn1cnnn1)Nc1ccc(Cl)cc1NC(=O)c1ccco1. The number of hydrogen-bond donors (Lipinski definition) is 2. The van der Waals surface area contributed by atoms with E-state index in [9.17, 15) is 9.59 Å². The molecule has 0 radical (unpaired) electrons. The first kappa shape index (κ1) is 15.7. The van der Waals surface area contributed by atoms with Crippen LogP contribution in [0.3, 0.4) is 0 Å². The lowest BCUT2D eigenvalue weighted by atomic mass is 10.2. The predicted octanol–water partition coefficient (Wildman–Crippen LogP) is 1.81. The maximum Gasteiger partial charge on any atom is 0.291 e. The summed E-state index contributed by atoms with van der Waals surface area (Å²) in [7, 11) is 0. The number of benzene rings is 1. The van der Waals surface area contributed by atoms with Crippen LogP contribution in [-0.2, 0) is 11.3 Å². The van der Waals surface area contributed by atoms with Crippen LogP contribution in [0.2, 0.25) is 5.02 Å². The number of nitrogens with zero attached hydrogens (tertiary/aromatic N) is 4. The van der Waals surface area contributed by atoms with Crippen molar-refractivity contribution in [3.8, 4) is 0 Å². The van der Waals surface area contributed by atoms with Gasteiger partial charge in [0.1, 0.15) is 12.9 Å². The average Bonchev–Trinajstić information content (AvgIpc) is 3.23. The molecule has 0 bridgehead atoms. The minimum Gasteiger partial charge on any atom is -0.459 e. The van der Waals surface area contributed by atoms with Crippen LogP contribution in [0.25, 0.3) is 0 Å². The molecule has 0 spiro atoms. The minimum absolute atomic E-state index is 0.0683. The fourth-order valence-corrected chi connectivity index (χ4v) is 2.08. The quantitative estimate of drug-likeness (QED) is 0.728. The molecule has 24 heavy (non-hydrogen) atoms. The molecule has 3 rings (SSSR count). The number of nitrogens with one attached hydrogen (secondary N) is 2.